The second-order valence-electron chi connectivity index (χ2n) is 5.24. The molecule has 0 bridgehead atoms. The van der Waals surface area contributed by atoms with E-state index < -0.39 is 17.6 Å². The van der Waals surface area contributed by atoms with Gasteiger partial charge >= 0.3 is 6.18 Å². The first kappa shape index (κ1) is 15.1. The monoisotopic (exact) mass is 322 g/mol. The van der Waals surface area contributed by atoms with Crippen molar-refractivity contribution in [2.24, 2.45) is 5.73 Å². The smallest absolute Gasteiger partial charge is 0.365 e. The number of hydrogen-bond donors (Lipinski definition) is 2. The van der Waals surface area contributed by atoms with Gasteiger partial charge < -0.3 is 11.1 Å². The first-order valence-electron chi connectivity index (χ1n) is 6.78. The second kappa shape index (κ2) is 5.15. The molecule has 3 N–H and O–H groups in total. The van der Waals surface area contributed by atoms with Crippen molar-refractivity contribution < 1.29 is 18.0 Å². The molecule has 0 unspecified atom stereocenters. The number of rotatable bonds is 2. The van der Waals surface area contributed by atoms with Crippen molar-refractivity contribution in [3.8, 4) is 0 Å². The van der Waals surface area contributed by atoms with Gasteiger partial charge in [-0.25, -0.2) is 4.68 Å². The molecule has 1 amide bonds. The van der Waals surface area contributed by atoms with Crippen LogP contribution in [0.1, 0.15) is 28.4 Å². The van der Waals surface area contributed by atoms with Crippen molar-refractivity contribution in [2.75, 3.05) is 11.9 Å². The molecule has 23 heavy (non-hydrogen) atoms. The van der Waals surface area contributed by atoms with E-state index in [1.165, 1.54) is 16.9 Å². The molecular formula is C15H13F3N4O. The largest absolute Gasteiger partial charge is 0.416 e. The van der Waals surface area contributed by atoms with E-state index in [0.29, 0.717) is 23.6 Å². The number of aromatic nitrogens is 2. The minimum atomic E-state index is -4.43. The Balaban J connectivity index is 2.15. The average Bonchev–Trinajstić information content (AvgIpc) is 2.90. The Morgan fingerprint density at radius 3 is 2.78 bits per heavy atom. The molecule has 2 heterocycles. The van der Waals surface area contributed by atoms with Crippen LogP contribution in [0.4, 0.5) is 19.0 Å². The molecule has 0 atom stereocenters. The Hall–Kier alpha value is -2.77. The number of hydrogen-bond acceptors (Lipinski definition) is 3. The minimum absolute atomic E-state index is 0.196. The number of nitrogens with one attached hydrogen (secondary N) is 1. The highest BCUT2D eigenvalue weighted by Crippen LogP contribution is 2.34. The summed E-state index contributed by atoms with van der Waals surface area (Å²) in [4.78, 5) is 11.4. The van der Waals surface area contributed by atoms with E-state index in [4.69, 9.17) is 5.73 Å². The van der Waals surface area contributed by atoms with E-state index in [9.17, 15) is 18.0 Å². The number of nitrogens with zero attached hydrogens (tertiary/aromatic N) is 2. The molecule has 1 aromatic carbocycles. The van der Waals surface area contributed by atoms with Crippen molar-refractivity contribution in [3.63, 3.8) is 0 Å². The molecule has 1 aliphatic rings. The van der Waals surface area contributed by atoms with Gasteiger partial charge in [0.2, 0.25) is 0 Å². The van der Waals surface area contributed by atoms with Crippen LogP contribution < -0.4 is 11.1 Å². The Labute approximate surface area is 129 Å². The van der Waals surface area contributed by atoms with Crippen molar-refractivity contribution in [1.29, 1.82) is 0 Å². The molecule has 120 valence electrons. The quantitative estimate of drug-likeness (QED) is 0.893. The summed E-state index contributed by atoms with van der Waals surface area (Å²) in [5.41, 5.74) is 6.43. The number of alkyl halides is 3. The van der Waals surface area contributed by atoms with E-state index in [1.54, 1.807) is 13.0 Å². The predicted molar refractivity (Wildman–Crippen MR) is 78.7 cm³/mol. The predicted octanol–water partition coefficient (Wildman–Crippen LogP) is 2.71. The summed E-state index contributed by atoms with van der Waals surface area (Å²) in [6.07, 6.45) is -3.13. The molecule has 1 aliphatic heterocycles. The lowest BCUT2D eigenvalue weighted by molar-refractivity contribution is -0.137. The zero-order chi connectivity index (χ0) is 16.8. The Bertz CT molecular complexity index is 820. The lowest BCUT2D eigenvalue weighted by atomic mass is 10.0. The molecule has 0 saturated heterocycles. The third-order valence-corrected chi connectivity index (χ3v) is 3.64. The summed E-state index contributed by atoms with van der Waals surface area (Å²) >= 11 is 0. The van der Waals surface area contributed by atoms with Crippen LogP contribution >= 0.6 is 0 Å². The topological polar surface area (TPSA) is 72.9 Å². The van der Waals surface area contributed by atoms with E-state index in [-0.39, 0.29) is 5.56 Å². The zero-order valence-electron chi connectivity index (χ0n) is 12.1. The van der Waals surface area contributed by atoms with Crippen LogP contribution in [0.2, 0.25) is 0 Å². The maximum absolute atomic E-state index is 12.9. The van der Waals surface area contributed by atoms with Gasteiger partial charge in [0.05, 0.1) is 17.5 Å². The third kappa shape index (κ3) is 2.56. The van der Waals surface area contributed by atoms with Gasteiger partial charge in [0.1, 0.15) is 11.4 Å². The Morgan fingerprint density at radius 1 is 1.39 bits per heavy atom. The second-order valence-corrected chi connectivity index (χ2v) is 5.24. The third-order valence-electron chi connectivity index (χ3n) is 3.64. The molecule has 1 aromatic heterocycles. The van der Waals surface area contributed by atoms with Gasteiger partial charge in [-0.15, -0.1) is 0 Å². The lowest BCUT2D eigenvalue weighted by Gasteiger charge is -2.23. The van der Waals surface area contributed by atoms with Crippen LogP contribution in [-0.2, 0) is 6.18 Å². The number of halogens is 3. The normalized spacial score (nSPS) is 14.4. The first-order valence-corrected chi connectivity index (χ1v) is 6.78. The average molecular weight is 322 g/mol. The Kier molecular flexibility index (Phi) is 3.39. The minimum Gasteiger partial charge on any atom is -0.365 e. The maximum atomic E-state index is 12.9. The Morgan fingerprint density at radius 2 is 2.13 bits per heavy atom. The number of amides is 1. The molecule has 0 spiro atoms. The summed E-state index contributed by atoms with van der Waals surface area (Å²) < 4.78 is 40.2. The van der Waals surface area contributed by atoms with Crippen molar-refractivity contribution >= 4 is 17.4 Å². The number of benzene rings is 1. The fourth-order valence-electron chi connectivity index (χ4n) is 2.56. The number of anilines is 1. The molecule has 2 aromatic rings. The standard InChI is InChI=1S/C15H13F3N4O/c1-8-6-20-14-11(13(19)23)7-21-22(14)12(8)9-3-2-4-10(5-9)15(16,17)18/h2-5,7,20H,6H2,1H3,(H2,19,23). The van der Waals surface area contributed by atoms with Crippen molar-refractivity contribution in [2.45, 2.75) is 13.1 Å². The highest BCUT2D eigenvalue weighted by Gasteiger charge is 2.31. The number of fused-ring (bicyclic) bond motifs is 1. The van der Waals surface area contributed by atoms with E-state index in [0.717, 1.165) is 17.7 Å². The van der Waals surface area contributed by atoms with Crippen molar-refractivity contribution in [3.05, 3.63) is 52.7 Å². The molecule has 0 aliphatic carbocycles. The molecule has 0 radical (unpaired) electrons. The molecule has 8 heteroatoms. The SMILES string of the molecule is CC1=C(c2cccc(C(F)(F)F)c2)n2ncc(C(N)=O)c2NC1. The zero-order valence-corrected chi connectivity index (χ0v) is 12.1. The number of carbonyl (C=O) groups is 1. The van der Waals surface area contributed by atoms with Crippen molar-refractivity contribution in [1.82, 2.24) is 9.78 Å². The van der Waals surface area contributed by atoms with Crippen LogP contribution in [0, 0.1) is 0 Å². The van der Waals surface area contributed by atoms with Gasteiger partial charge in [-0.1, -0.05) is 12.1 Å². The number of carbonyl (C=O) groups excluding carboxylic acids is 1. The summed E-state index contributed by atoms with van der Waals surface area (Å²) in [6, 6.07) is 5.01. The molecule has 5 nitrogen and oxygen atoms in total. The van der Waals surface area contributed by atoms with E-state index in [1.807, 2.05) is 0 Å². The highest BCUT2D eigenvalue weighted by molar-refractivity contribution is 5.98. The molecular weight excluding hydrogens is 309 g/mol. The van der Waals surface area contributed by atoms with Crippen LogP contribution in [0.3, 0.4) is 0 Å². The van der Waals surface area contributed by atoms with Gasteiger partial charge in [0, 0.05) is 12.1 Å². The summed E-state index contributed by atoms with van der Waals surface area (Å²) in [6.45, 7) is 2.18. The summed E-state index contributed by atoms with van der Waals surface area (Å²) in [5.74, 6) is -0.266. The van der Waals surface area contributed by atoms with Gasteiger partial charge in [-0.3, -0.25) is 4.79 Å². The fourth-order valence-corrected chi connectivity index (χ4v) is 2.56. The lowest BCUT2D eigenvalue weighted by Crippen LogP contribution is -2.22. The fraction of sp³-hybridized carbons (Fsp3) is 0.200. The van der Waals surface area contributed by atoms with Gasteiger partial charge in [0.15, 0.2) is 0 Å². The number of primary amides is 1. The highest BCUT2D eigenvalue weighted by atomic mass is 19.4. The first-order chi connectivity index (χ1) is 10.8. The summed E-state index contributed by atoms with van der Waals surface area (Å²) in [5, 5.41) is 7.10. The van der Waals surface area contributed by atoms with Gasteiger partial charge in [0.25, 0.3) is 5.91 Å². The van der Waals surface area contributed by atoms with E-state index in [2.05, 4.69) is 10.4 Å². The van der Waals surface area contributed by atoms with E-state index >= 15 is 0 Å². The number of nitrogens with two attached hydrogens (primary N) is 1. The van der Waals surface area contributed by atoms with Gasteiger partial charge in [-0.05, 0) is 24.6 Å². The molecule has 0 fully saturated rings. The molecule has 3 rings (SSSR count). The summed E-state index contributed by atoms with van der Waals surface area (Å²) in [7, 11) is 0. The van der Waals surface area contributed by atoms with Gasteiger partial charge in [-0.2, -0.15) is 18.3 Å². The van der Waals surface area contributed by atoms with Crippen LogP contribution in [-0.4, -0.2) is 22.2 Å². The van der Waals surface area contributed by atoms with Crippen LogP contribution in [0.15, 0.2) is 36.0 Å². The van der Waals surface area contributed by atoms with Crippen LogP contribution in [0.5, 0.6) is 0 Å². The van der Waals surface area contributed by atoms with Crippen LogP contribution in [0.25, 0.3) is 5.70 Å². The maximum Gasteiger partial charge on any atom is 0.416 e. The molecule has 0 saturated carbocycles.